The van der Waals surface area contributed by atoms with Crippen molar-refractivity contribution in [3.63, 3.8) is 0 Å². The molecule has 0 fully saturated rings. The van der Waals surface area contributed by atoms with Crippen molar-refractivity contribution in [1.29, 1.82) is 0 Å². The third kappa shape index (κ3) is 7.06. The van der Waals surface area contributed by atoms with E-state index in [9.17, 15) is 0 Å². The van der Waals surface area contributed by atoms with Crippen LogP contribution in [0.1, 0.15) is 37.4 Å². The lowest BCUT2D eigenvalue weighted by Gasteiger charge is -2.24. The van der Waals surface area contributed by atoms with Crippen LogP contribution in [0.3, 0.4) is 0 Å². The first kappa shape index (κ1) is 21.0. The second-order valence-corrected chi connectivity index (χ2v) is 6.84. The maximum absolute atomic E-state index is 4.82. The highest BCUT2D eigenvalue weighted by atomic mass is 15.3. The Morgan fingerprint density at radius 1 is 1.19 bits per heavy atom. The SMILES string of the molecule is CCNC(=NCC(c1ccc(CC)cc1)N(C)C)NCCCn1cccn1. The quantitative estimate of drug-likeness (QED) is 0.384. The van der Waals surface area contributed by atoms with Gasteiger partial charge in [0.05, 0.1) is 12.6 Å². The molecule has 148 valence electrons. The molecule has 0 radical (unpaired) electrons. The lowest BCUT2D eigenvalue weighted by atomic mass is 10.0. The Morgan fingerprint density at radius 3 is 2.56 bits per heavy atom. The van der Waals surface area contributed by atoms with Crippen molar-refractivity contribution >= 4 is 5.96 Å². The molecular weight excluding hydrogens is 336 g/mol. The second-order valence-electron chi connectivity index (χ2n) is 6.84. The van der Waals surface area contributed by atoms with Gasteiger partial charge < -0.3 is 15.5 Å². The third-order valence-corrected chi connectivity index (χ3v) is 4.58. The van der Waals surface area contributed by atoms with Crippen molar-refractivity contribution in [2.24, 2.45) is 4.99 Å². The number of aryl methyl sites for hydroxylation is 2. The van der Waals surface area contributed by atoms with Gasteiger partial charge >= 0.3 is 0 Å². The summed E-state index contributed by atoms with van der Waals surface area (Å²) < 4.78 is 1.95. The minimum atomic E-state index is 0.260. The van der Waals surface area contributed by atoms with Crippen LogP contribution in [-0.4, -0.2) is 54.4 Å². The molecule has 1 aromatic heterocycles. The normalized spacial score (nSPS) is 13.0. The van der Waals surface area contributed by atoms with E-state index in [0.29, 0.717) is 6.54 Å². The molecule has 0 saturated heterocycles. The molecule has 0 spiro atoms. The largest absolute Gasteiger partial charge is 0.357 e. The van der Waals surface area contributed by atoms with Crippen LogP contribution in [0, 0.1) is 0 Å². The number of aliphatic imine (C=N–C) groups is 1. The van der Waals surface area contributed by atoms with Crippen LogP contribution in [-0.2, 0) is 13.0 Å². The number of aromatic nitrogens is 2. The smallest absolute Gasteiger partial charge is 0.191 e. The first-order chi connectivity index (χ1) is 13.1. The van der Waals surface area contributed by atoms with Crippen molar-refractivity contribution in [3.8, 4) is 0 Å². The summed E-state index contributed by atoms with van der Waals surface area (Å²) in [6.07, 6.45) is 5.87. The van der Waals surface area contributed by atoms with Crippen LogP contribution < -0.4 is 10.6 Å². The fourth-order valence-electron chi connectivity index (χ4n) is 2.94. The number of likely N-dealkylation sites (N-methyl/N-ethyl adjacent to an activating group) is 1. The number of nitrogens with zero attached hydrogens (tertiary/aromatic N) is 4. The molecule has 2 rings (SSSR count). The lowest BCUT2D eigenvalue weighted by molar-refractivity contribution is 0.306. The summed E-state index contributed by atoms with van der Waals surface area (Å²) >= 11 is 0. The number of hydrogen-bond acceptors (Lipinski definition) is 3. The van der Waals surface area contributed by atoms with Crippen molar-refractivity contribution in [3.05, 3.63) is 53.9 Å². The average molecular weight is 371 g/mol. The average Bonchev–Trinajstić information content (AvgIpc) is 3.19. The molecule has 0 amide bonds. The first-order valence-electron chi connectivity index (χ1n) is 9.88. The van der Waals surface area contributed by atoms with Crippen LogP contribution in [0.4, 0.5) is 0 Å². The molecule has 0 saturated carbocycles. The van der Waals surface area contributed by atoms with E-state index in [4.69, 9.17) is 4.99 Å². The van der Waals surface area contributed by atoms with Gasteiger partial charge in [0, 0.05) is 32.0 Å². The van der Waals surface area contributed by atoms with Crippen molar-refractivity contribution in [2.45, 2.75) is 39.3 Å². The second kappa shape index (κ2) is 11.4. The molecule has 6 nitrogen and oxygen atoms in total. The standard InChI is InChI=1S/C21H34N6/c1-5-18-9-11-19(12-10-18)20(26(3)4)17-24-21(22-6-2)23-13-7-15-27-16-8-14-25-27/h8-12,14,16,20H,5-7,13,15,17H2,1-4H3,(H2,22,23,24). The Bertz CT molecular complexity index is 660. The van der Waals surface area contributed by atoms with Crippen LogP contribution in [0.2, 0.25) is 0 Å². The Kier molecular flexibility index (Phi) is 8.84. The summed E-state index contributed by atoms with van der Waals surface area (Å²) in [5, 5.41) is 11.0. The lowest BCUT2D eigenvalue weighted by Crippen LogP contribution is -2.38. The monoisotopic (exact) mass is 370 g/mol. The van der Waals surface area contributed by atoms with Gasteiger partial charge in [-0.1, -0.05) is 31.2 Å². The van der Waals surface area contributed by atoms with Crippen LogP contribution in [0.5, 0.6) is 0 Å². The third-order valence-electron chi connectivity index (χ3n) is 4.58. The molecule has 0 aliphatic carbocycles. The minimum Gasteiger partial charge on any atom is -0.357 e. The summed E-state index contributed by atoms with van der Waals surface area (Å²) in [6, 6.07) is 11.1. The van der Waals surface area contributed by atoms with Crippen molar-refractivity contribution in [1.82, 2.24) is 25.3 Å². The van der Waals surface area contributed by atoms with E-state index >= 15 is 0 Å². The van der Waals surface area contributed by atoms with Crippen molar-refractivity contribution < 1.29 is 0 Å². The number of guanidine groups is 1. The molecule has 6 heteroatoms. The highest BCUT2D eigenvalue weighted by Crippen LogP contribution is 2.19. The van der Waals surface area contributed by atoms with Gasteiger partial charge in [-0.2, -0.15) is 5.10 Å². The fourth-order valence-corrected chi connectivity index (χ4v) is 2.94. The molecular formula is C21H34N6. The molecule has 1 atom stereocenters. The topological polar surface area (TPSA) is 57.5 Å². The van der Waals surface area contributed by atoms with E-state index in [0.717, 1.165) is 38.4 Å². The van der Waals surface area contributed by atoms with E-state index in [2.05, 4.69) is 72.8 Å². The first-order valence-corrected chi connectivity index (χ1v) is 9.88. The molecule has 0 aliphatic heterocycles. The van der Waals surface area contributed by atoms with Gasteiger partial charge in [0.1, 0.15) is 0 Å². The van der Waals surface area contributed by atoms with Gasteiger partial charge in [-0.15, -0.1) is 0 Å². The summed E-state index contributed by atoms with van der Waals surface area (Å²) in [5.41, 5.74) is 2.67. The van der Waals surface area contributed by atoms with Crippen LogP contribution in [0.25, 0.3) is 0 Å². The minimum absolute atomic E-state index is 0.260. The number of hydrogen-bond donors (Lipinski definition) is 2. The Hall–Kier alpha value is -2.34. The maximum Gasteiger partial charge on any atom is 0.191 e. The highest BCUT2D eigenvalue weighted by molar-refractivity contribution is 5.79. The predicted molar refractivity (Wildman–Crippen MR) is 113 cm³/mol. The molecule has 27 heavy (non-hydrogen) atoms. The number of nitrogens with one attached hydrogen (secondary N) is 2. The van der Waals surface area contributed by atoms with Gasteiger partial charge in [0.15, 0.2) is 5.96 Å². The van der Waals surface area contributed by atoms with Crippen LogP contribution in [0.15, 0.2) is 47.7 Å². The Labute approximate surface area is 163 Å². The molecule has 1 aromatic carbocycles. The van der Waals surface area contributed by atoms with Gasteiger partial charge in [-0.3, -0.25) is 9.67 Å². The summed E-state index contributed by atoms with van der Waals surface area (Å²) in [7, 11) is 4.22. The molecule has 1 unspecified atom stereocenters. The van der Waals surface area contributed by atoms with Gasteiger partial charge in [-0.25, -0.2) is 0 Å². The summed E-state index contributed by atoms with van der Waals surface area (Å²) in [4.78, 5) is 7.05. The molecule has 2 aromatic rings. The number of benzene rings is 1. The molecule has 2 N–H and O–H groups in total. The van der Waals surface area contributed by atoms with Crippen LogP contribution >= 0.6 is 0 Å². The summed E-state index contributed by atoms with van der Waals surface area (Å²) in [6.45, 7) is 7.61. The number of rotatable bonds is 10. The van der Waals surface area contributed by atoms with Crippen molar-refractivity contribution in [2.75, 3.05) is 33.7 Å². The highest BCUT2D eigenvalue weighted by Gasteiger charge is 2.14. The Balaban J connectivity index is 1.92. The van der Waals surface area contributed by atoms with E-state index < -0.39 is 0 Å². The van der Waals surface area contributed by atoms with E-state index in [1.54, 1.807) is 0 Å². The Morgan fingerprint density at radius 2 is 1.96 bits per heavy atom. The van der Waals surface area contributed by atoms with Gasteiger partial charge in [-0.05, 0) is 51.1 Å². The zero-order valence-electron chi connectivity index (χ0n) is 17.2. The van der Waals surface area contributed by atoms with E-state index in [1.165, 1.54) is 11.1 Å². The molecule has 1 heterocycles. The van der Waals surface area contributed by atoms with Gasteiger partial charge in [0.25, 0.3) is 0 Å². The molecule has 0 aliphatic rings. The molecule has 0 bridgehead atoms. The predicted octanol–water partition coefficient (Wildman–Crippen LogP) is 2.69. The zero-order valence-corrected chi connectivity index (χ0v) is 17.2. The fraction of sp³-hybridized carbons (Fsp3) is 0.524. The van der Waals surface area contributed by atoms with E-state index in [-0.39, 0.29) is 6.04 Å². The maximum atomic E-state index is 4.82. The zero-order chi connectivity index (χ0) is 19.5. The summed E-state index contributed by atoms with van der Waals surface area (Å²) in [5.74, 6) is 0.870. The van der Waals surface area contributed by atoms with E-state index in [1.807, 2.05) is 23.1 Å². The van der Waals surface area contributed by atoms with Gasteiger partial charge in [0.2, 0.25) is 0 Å².